The predicted molar refractivity (Wildman–Crippen MR) is 243 cm³/mol. The van der Waals surface area contributed by atoms with Crippen molar-refractivity contribution in [2.45, 2.75) is 78.6 Å². The van der Waals surface area contributed by atoms with Gasteiger partial charge in [0.05, 0.1) is 16.7 Å². The van der Waals surface area contributed by atoms with Crippen LogP contribution >= 0.6 is 0 Å². The van der Waals surface area contributed by atoms with E-state index in [2.05, 4.69) is 179 Å². The number of benzene rings is 6. The molecule has 0 amide bonds. The van der Waals surface area contributed by atoms with Crippen molar-refractivity contribution < 1.29 is 34.8 Å². The zero-order valence-electron chi connectivity index (χ0n) is 36.0. The average molecular weight is 980 g/mol. The first kappa shape index (κ1) is 40.4. The Hall–Kier alpha value is -5.97. The third-order valence-corrected chi connectivity index (χ3v) is 11.7. The summed E-state index contributed by atoms with van der Waals surface area (Å²) in [6.07, 6.45) is 5.59. The monoisotopic (exact) mass is 979 g/mol. The Morgan fingerprint density at radius 2 is 1.28 bits per heavy atom. The van der Waals surface area contributed by atoms with Crippen LogP contribution in [0.3, 0.4) is 0 Å². The number of rotatable bonds is 5. The second-order valence-electron chi connectivity index (χ2n) is 19.1. The largest absolute Gasteiger partial charge is 0.510 e. The number of hydrogen-bond acceptors (Lipinski definition) is 3. The van der Waals surface area contributed by atoms with Gasteiger partial charge in [0.25, 0.3) is 6.33 Å². The van der Waals surface area contributed by atoms with Crippen LogP contribution in [0.2, 0.25) is 0 Å². The van der Waals surface area contributed by atoms with Crippen LogP contribution in [0.4, 0.5) is 0 Å². The Kier molecular flexibility index (Phi) is 9.67. The standard InChI is InChI=1S/C54H48N4O2.Pt/c1-52(2,3)34-23-24-55-51(28-34)58-47-30-40(21-22-41(47)43-31-44-42-17-10-13-20-49(42)60-50(44)32-48(43)58)59-39-16-14-15-37(29-39)56-33-57(46-19-12-11-18-45(46)56)38-26-35(53(4,5)6)25-36(27-38)54(7,8)9;/h10-28,31-32H,1-9H3;/q-2;. The molecule has 0 N–H and O–H groups in total. The van der Waals surface area contributed by atoms with Crippen molar-refractivity contribution in [1.82, 2.24) is 14.1 Å². The fraction of sp³-hybridized carbons (Fsp3) is 0.222. The van der Waals surface area contributed by atoms with Crippen molar-refractivity contribution in [1.29, 1.82) is 0 Å². The summed E-state index contributed by atoms with van der Waals surface area (Å²) in [5.74, 6) is 1.96. The molecule has 0 radical (unpaired) electrons. The molecule has 0 aliphatic carbocycles. The van der Waals surface area contributed by atoms with E-state index in [9.17, 15) is 0 Å². The number of imidazole rings is 1. The van der Waals surface area contributed by atoms with Gasteiger partial charge in [-0.15, -0.1) is 29.7 Å². The summed E-state index contributed by atoms with van der Waals surface area (Å²) in [4.78, 5) is 4.92. The molecule has 308 valence electrons. The van der Waals surface area contributed by atoms with Crippen molar-refractivity contribution in [3.05, 3.63) is 163 Å². The molecule has 4 heterocycles. The summed E-state index contributed by atoms with van der Waals surface area (Å²) in [6, 6.07) is 49.5. The third-order valence-electron chi connectivity index (χ3n) is 11.7. The van der Waals surface area contributed by atoms with Gasteiger partial charge in [0, 0.05) is 61.1 Å². The molecule has 0 aliphatic heterocycles. The minimum atomic E-state index is -0.0607. The summed E-state index contributed by atoms with van der Waals surface area (Å²) < 4.78 is 19.5. The first-order chi connectivity index (χ1) is 28.6. The maximum absolute atomic E-state index is 6.65. The van der Waals surface area contributed by atoms with E-state index in [1.54, 1.807) is 0 Å². The Bertz CT molecular complexity index is 3280. The molecule has 4 aromatic heterocycles. The Morgan fingerprint density at radius 1 is 0.574 bits per heavy atom. The maximum atomic E-state index is 6.65. The summed E-state index contributed by atoms with van der Waals surface area (Å²) in [5, 5.41) is 4.31. The van der Waals surface area contributed by atoms with E-state index in [1.807, 2.05) is 42.6 Å². The van der Waals surface area contributed by atoms with Gasteiger partial charge in [-0.25, -0.2) is 4.98 Å². The molecular formula is C54H48N4O2Pt-2. The molecule has 6 nitrogen and oxygen atoms in total. The van der Waals surface area contributed by atoms with Crippen LogP contribution in [-0.4, -0.2) is 14.1 Å². The summed E-state index contributed by atoms with van der Waals surface area (Å²) >= 11 is 0. The molecule has 10 rings (SSSR count). The molecule has 6 aromatic carbocycles. The van der Waals surface area contributed by atoms with E-state index < -0.39 is 0 Å². The first-order valence-electron chi connectivity index (χ1n) is 20.7. The Balaban J connectivity index is 0.00000476. The number of ether oxygens (including phenoxy) is 1. The Morgan fingerprint density at radius 3 is 2.03 bits per heavy atom. The van der Waals surface area contributed by atoms with Gasteiger partial charge in [-0.05, 0) is 74.3 Å². The van der Waals surface area contributed by atoms with Crippen LogP contribution in [0.15, 0.2) is 132 Å². The minimum Gasteiger partial charge on any atom is -0.510 e. The van der Waals surface area contributed by atoms with Crippen LogP contribution in [-0.2, 0) is 37.3 Å². The third kappa shape index (κ3) is 7.15. The number of aromatic nitrogens is 4. The van der Waals surface area contributed by atoms with E-state index in [0.717, 1.165) is 72.0 Å². The van der Waals surface area contributed by atoms with Gasteiger partial charge in [0.15, 0.2) is 0 Å². The molecule has 0 aliphatic rings. The quantitative estimate of drug-likeness (QED) is 0.128. The van der Waals surface area contributed by atoms with Crippen molar-refractivity contribution in [2.24, 2.45) is 0 Å². The molecule has 0 saturated carbocycles. The molecule has 0 fully saturated rings. The van der Waals surface area contributed by atoms with Crippen molar-refractivity contribution in [3.8, 4) is 28.7 Å². The van der Waals surface area contributed by atoms with E-state index in [0.29, 0.717) is 11.5 Å². The smallest absolute Gasteiger partial charge is 0.268 e. The van der Waals surface area contributed by atoms with Gasteiger partial charge >= 0.3 is 0 Å². The summed E-state index contributed by atoms with van der Waals surface area (Å²) in [6.45, 7) is 20.3. The number of fused-ring (bicyclic) bond motifs is 7. The van der Waals surface area contributed by atoms with Gasteiger partial charge in [0.1, 0.15) is 17.0 Å². The van der Waals surface area contributed by atoms with Crippen LogP contribution in [0.5, 0.6) is 11.5 Å². The minimum absolute atomic E-state index is 0. The number of nitrogens with zero attached hydrogens (tertiary/aromatic N) is 4. The zero-order valence-corrected chi connectivity index (χ0v) is 38.3. The fourth-order valence-electron chi connectivity index (χ4n) is 8.23. The number of hydrogen-bond donors (Lipinski definition) is 0. The number of para-hydroxylation sites is 3. The molecule has 10 aromatic rings. The van der Waals surface area contributed by atoms with Crippen molar-refractivity contribution >= 4 is 54.8 Å². The summed E-state index contributed by atoms with van der Waals surface area (Å²) in [5.41, 5.74) is 11.2. The maximum Gasteiger partial charge on any atom is 0.268 e. The molecule has 0 bridgehead atoms. The molecular weight excluding hydrogens is 932 g/mol. The Labute approximate surface area is 371 Å². The first-order valence-corrected chi connectivity index (χ1v) is 20.7. The molecule has 0 saturated heterocycles. The molecule has 0 spiro atoms. The van der Waals surface area contributed by atoms with Gasteiger partial charge in [-0.3, -0.25) is 4.57 Å². The van der Waals surface area contributed by atoms with Crippen LogP contribution < -0.4 is 9.30 Å². The summed E-state index contributed by atoms with van der Waals surface area (Å²) in [7, 11) is 0. The van der Waals surface area contributed by atoms with E-state index >= 15 is 0 Å². The molecule has 7 heteroatoms. The SMILES string of the molecule is CC(C)(C)c1cc(-[n+]2[c-]n(-c3[c-]c(Oc4[c-]c5c(cc4)c4cc6c(cc4n5-c4cc(C(C)(C)C)ccn4)oc4ccccc46)ccc3)c3ccccc32)cc(C(C)(C)C)c1.[Pt]. The van der Waals surface area contributed by atoms with Gasteiger partial charge in [-0.2, -0.15) is 18.2 Å². The van der Waals surface area contributed by atoms with Gasteiger partial charge in [-0.1, -0.05) is 122 Å². The van der Waals surface area contributed by atoms with E-state index in [1.165, 1.54) is 16.7 Å². The second-order valence-corrected chi connectivity index (χ2v) is 19.1. The van der Waals surface area contributed by atoms with E-state index in [4.69, 9.17) is 14.1 Å². The van der Waals surface area contributed by atoms with Crippen LogP contribution in [0.1, 0.15) is 79.0 Å². The number of pyridine rings is 1. The fourth-order valence-corrected chi connectivity index (χ4v) is 8.23. The normalized spacial score (nSPS) is 12.5. The number of furan rings is 1. The van der Waals surface area contributed by atoms with Crippen LogP contribution in [0, 0.1) is 18.5 Å². The topological polar surface area (TPSA) is 49.0 Å². The van der Waals surface area contributed by atoms with Gasteiger partial charge < -0.3 is 18.3 Å². The second kappa shape index (κ2) is 14.6. The molecule has 61 heavy (non-hydrogen) atoms. The predicted octanol–water partition coefficient (Wildman–Crippen LogP) is 13.4. The van der Waals surface area contributed by atoms with Crippen molar-refractivity contribution in [3.63, 3.8) is 0 Å². The average Bonchev–Trinajstić information content (AvgIpc) is 3.88. The van der Waals surface area contributed by atoms with Gasteiger partial charge in [0.2, 0.25) is 0 Å². The van der Waals surface area contributed by atoms with Crippen LogP contribution in [0.25, 0.3) is 72.0 Å². The molecule has 0 atom stereocenters. The zero-order chi connectivity index (χ0) is 41.7. The molecule has 0 unspecified atom stereocenters. The van der Waals surface area contributed by atoms with Crippen molar-refractivity contribution in [2.75, 3.05) is 0 Å². The van der Waals surface area contributed by atoms with E-state index in [-0.39, 0.29) is 37.3 Å².